The highest BCUT2D eigenvalue weighted by molar-refractivity contribution is 14.0. The Labute approximate surface area is 166 Å². The summed E-state index contributed by atoms with van der Waals surface area (Å²) in [5, 5.41) is 7.22. The summed E-state index contributed by atoms with van der Waals surface area (Å²) in [6, 6.07) is 0.612. The van der Waals surface area contributed by atoms with Crippen molar-refractivity contribution in [2.24, 2.45) is 22.7 Å². The molecule has 0 spiro atoms. The van der Waals surface area contributed by atoms with Crippen LogP contribution in [0.3, 0.4) is 0 Å². The minimum absolute atomic E-state index is 0. The molecule has 1 atom stereocenters. The molecule has 0 amide bonds. The van der Waals surface area contributed by atoms with E-state index in [1.54, 1.807) is 0 Å². The van der Waals surface area contributed by atoms with Crippen LogP contribution in [-0.4, -0.2) is 50.1 Å². The number of nitrogens with one attached hydrogen (secondary N) is 2. The van der Waals surface area contributed by atoms with Crippen LogP contribution in [0.2, 0.25) is 0 Å². The van der Waals surface area contributed by atoms with Crippen molar-refractivity contribution < 1.29 is 0 Å². The summed E-state index contributed by atoms with van der Waals surface area (Å²) >= 11 is 0. The van der Waals surface area contributed by atoms with Gasteiger partial charge in [0.2, 0.25) is 0 Å². The van der Waals surface area contributed by atoms with E-state index in [-0.39, 0.29) is 24.0 Å². The molecule has 142 valence electrons. The fraction of sp³-hybridized carbons (Fsp3) is 0.947. The summed E-state index contributed by atoms with van der Waals surface area (Å²) in [6.45, 7) is 11.8. The smallest absolute Gasteiger partial charge is 0.191 e. The molecule has 0 bridgehead atoms. The van der Waals surface area contributed by atoms with Crippen LogP contribution in [0.25, 0.3) is 0 Å². The first-order valence-electron chi connectivity index (χ1n) is 9.76. The van der Waals surface area contributed by atoms with Crippen molar-refractivity contribution in [2.75, 3.05) is 33.2 Å². The van der Waals surface area contributed by atoms with E-state index >= 15 is 0 Å². The Bertz CT molecular complexity index is 364. The predicted molar refractivity (Wildman–Crippen MR) is 115 cm³/mol. The molecule has 5 heteroatoms. The highest BCUT2D eigenvalue weighted by Gasteiger charge is 2.22. The molecule has 0 aromatic heterocycles. The molecule has 1 saturated carbocycles. The average molecular weight is 450 g/mol. The Kier molecular flexibility index (Phi) is 10.6. The quantitative estimate of drug-likeness (QED) is 0.381. The second-order valence-corrected chi connectivity index (χ2v) is 8.22. The van der Waals surface area contributed by atoms with Gasteiger partial charge in [-0.2, -0.15) is 0 Å². The van der Waals surface area contributed by atoms with Crippen molar-refractivity contribution in [2.45, 2.75) is 65.3 Å². The maximum Gasteiger partial charge on any atom is 0.191 e. The zero-order chi connectivity index (χ0) is 16.7. The van der Waals surface area contributed by atoms with Crippen LogP contribution in [0.5, 0.6) is 0 Å². The molecule has 1 unspecified atom stereocenters. The van der Waals surface area contributed by atoms with Gasteiger partial charge in [-0.25, -0.2) is 0 Å². The van der Waals surface area contributed by atoms with Crippen LogP contribution in [0.4, 0.5) is 0 Å². The zero-order valence-corrected chi connectivity index (χ0v) is 18.5. The average Bonchev–Trinajstić information content (AvgIpc) is 2.53. The van der Waals surface area contributed by atoms with E-state index in [0.29, 0.717) is 6.04 Å². The highest BCUT2D eigenvalue weighted by Crippen LogP contribution is 2.23. The van der Waals surface area contributed by atoms with Gasteiger partial charge in [-0.1, -0.05) is 20.8 Å². The number of guanidine groups is 1. The predicted octanol–water partition coefficient (Wildman–Crippen LogP) is 3.72. The molecule has 0 radical (unpaired) electrons. The lowest BCUT2D eigenvalue weighted by Gasteiger charge is -2.34. The lowest BCUT2D eigenvalue weighted by Crippen LogP contribution is -2.48. The van der Waals surface area contributed by atoms with Crippen molar-refractivity contribution >= 4 is 29.9 Å². The largest absolute Gasteiger partial charge is 0.356 e. The summed E-state index contributed by atoms with van der Waals surface area (Å²) in [4.78, 5) is 7.07. The molecule has 2 rings (SSSR count). The zero-order valence-electron chi connectivity index (χ0n) is 16.2. The third-order valence-corrected chi connectivity index (χ3v) is 5.36. The van der Waals surface area contributed by atoms with E-state index in [2.05, 4.69) is 41.3 Å². The number of nitrogens with zero attached hydrogens (tertiary/aromatic N) is 2. The normalized spacial score (nSPS) is 29.2. The van der Waals surface area contributed by atoms with E-state index in [4.69, 9.17) is 0 Å². The fourth-order valence-corrected chi connectivity index (χ4v) is 4.03. The number of likely N-dealkylation sites (tertiary alicyclic amines) is 1. The van der Waals surface area contributed by atoms with E-state index in [1.807, 2.05) is 7.05 Å². The van der Waals surface area contributed by atoms with E-state index in [0.717, 1.165) is 30.3 Å². The minimum Gasteiger partial charge on any atom is -0.356 e. The van der Waals surface area contributed by atoms with Gasteiger partial charge in [0.05, 0.1) is 0 Å². The third-order valence-electron chi connectivity index (χ3n) is 5.36. The summed E-state index contributed by atoms with van der Waals surface area (Å²) < 4.78 is 0. The Balaban J connectivity index is 0.00000288. The van der Waals surface area contributed by atoms with Gasteiger partial charge in [0.15, 0.2) is 5.96 Å². The molecule has 2 N–H and O–H groups in total. The summed E-state index contributed by atoms with van der Waals surface area (Å²) in [5.74, 6) is 3.43. The second-order valence-electron chi connectivity index (χ2n) is 8.22. The molecule has 0 aromatic rings. The molecule has 1 aliphatic heterocycles. The molecule has 4 nitrogen and oxygen atoms in total. The first-order chi connectivity index (χ1) is 11.1. The number of hydrogen-bond donors (Lipinski definition) is 2. The minimum atomic E-state index is 0. The molecule has 0 aromatic carbocycles. The maximum absolute atomic E-state index is 4.43. The number of halogens is 1. The number of piperidine rings is 1. The van der Waals surface area contributed by atoms with Crippen molar-refractivity contribution in [3.8, 4) is 0 Å². The maximum atomic E-state index is 4.43. The lowest BCUT2D eigenvalue weighted by atomic mass is 9.87. The van der Waals surface area contributed by atoms with Crippen molar-refractivity contribution in [1.82, 2.24) is 15.5 Å². The van der Waals surface area contributed by atoms with Gasteiger partial charge < -0.3 is 15.5 Å². The lowest BCUT2D eigenvalue weighted by molar-refractivity contribution is 0.159. The molecule has 2 aliphatic rings. The summed E-state index contributed by atoms with van der Waals surface area (Å²) in [7, 11) is 1.90. The molecular formula is C19H39IN4. The Morgan fingerprint density at radius 3 is 2.50 bits per heavy atom. The monoisotopic (exact) mass is 450 g/mol. The number of hydrogen-bond acceptors (Lipinski definition) is 2. The topological polar surface area (TPSA) is 39.7 Å². The van der Waals surface area contributed by atoms with Crippen molar-refractivity contribution in [3.05, 3.63) is 0 Å². The van der Waals surface area contributed by atoms with Crippen LogP contribution in [-0.2, 0) is 0 Å². The van der Waals surface area contributed by atoms with Crippen molar-refractivity contribution in [1.29, 1.82) is 0 Å². The summed E-state index contributed by atoms with van der Waals surface area (Å²) in [6.07, 6.45) is 7.95. The van der Waals surface area contributed by atoms with Crippen LogP contribution in [0.15, 0.2) is 4.99 Å². The van der Waals surface area contributed by atoms with Crippen molar-refractivity contribution in [3.63, 3.8) is 0 Å². The van der Waals surface area contributed by atoms with Gasteiger partial charge >= 0.3 is 0 Å². The molecule has 1 aliphatic carbocycles. The highest BCUT2D eigenvalue weighted by atomic mass is 127. The van der Waals surface area contributed by atoms with Gasteiger partial charge in [0.25, 0.3) is 0 Å². The summed E-state index contributed by atoms with van der Waals surface area (Å²) in [5.41, 5.74) is 0. The number of aliphatic imine (C=N–C) groups is 1. The van der Waals surface area contributed by atoms with Crippen LogP contribution in [0.1, 0.15) is 59.3 Å². The van der Waals surface area contributed by atoms with Gasteiger partial charge in [0.1, 0.15) is 0 Å². The fourth-order valence-electron chi connectivity index (χ4n) is 4.03. The SMILES string of the molecule is CN=C(NCC1CCCN(CC(C)C)C1)NC1CCC(C)CC1.I. The van der Waals surface area contributed by atoms with Gasteiger partial charge in [-0.15, -0.1) is 24.0 Å². The molecular weight excluding hydrogens is 411 g/mol. The number of rotatable bonds is 5. The Morgan fingerprint density at radius 1 is 1.17 bits per heavy atom. The molecule has 24 heavy (non-hydrogen) atoms. The van der Waals surface area contributed by atoms with Crippen LogP contribution in [0, 0.1) is 17.8 Å². The Morgan fingerprint density at radius 2 is 1.88 bits per heavy atom. The van der Waals surface area contributed by atoms with Gasteiger partial charge in [-0.3, -0.25) is 4.99 Å². The molecule has 2 fully saturated rings. The molecule has 1 heterocycles. The van der Waals surface area contributed by atoms with E-state index in [9.17, 15) is 0 Å². The van der Waals surface area contributed by atoms with E-state index in [1.165, 1.54) is 58.2 Å². The van der Waals surface area contributed by atoms with E-state index < -0.39 is 0 Å². The first kappa shape index (κ1) is 22.0. The Hall–Kier alpha value is -0.0400. The second kappa shape index (κ2) is 11.6. The third kappa shape index (κ3) is 7.89. The van der Waals surface area contributed by atoms with Gasteiger partial charge in [0, 0.05) is 32.7 Å². The van der Waals surface area contributed by atoms with Gasteiger partial charge in [-0.05, 0) is 62.8 Å². The van der Waals surface area contributed by atoms with Crippen LogP contribution < -0.4 is 10.6 Å². The molecule has 1 saturated heterocycles. The first-order valence-corrected chi connectivity index (χ1v) is 9.76. The standard InChI is InChI=1S/C19H38N4.HI/c1-15(2)13-23-11-5-6-17(14-23)12-21-19(20-4)22-18-9-7-16(3)8-10-18;/h15-18H,5-14H2,1-4H3,(H2,20,21,22);1H. The van der Waals surface area contributed by atoms with Crippen LogP contribution >= 0.6 is 24.0 Å².